The summed E-state index contributed by atoms with van der Waals surface area (Å²) in [5.74, 6) is -1.40. The Labute approximate surface area is 226 Å². The van der Waals surface area contributed by atoms with Crippen LogP contribution in [0.15, 0.2) is 41.3 Å². The Bertz CT molecular complexity index is 1860. The van der Waals surface area contributed by atoms with Crippen LogP contribution in [0.4, 0.5) is 14.6 Å². The third kappa shape index (κ3) is 4.16. The van der Waals surface area contributed by atoms with Crippen molar-refractivity contribution < 1.29 is 23.0 Å². The Balaban J connectivity index is 1.65. The molecule has 2 aromatic carbocycles. The Morgan fingerprint density at radius 1 is 1.25 bits per heavy atom. The highest BCUT2D eigenvalue weighted by Crippen LogP contribution is 2.45. The molecular formula is C28H26F2N6O4. The van der Waals surface area contributed by atoms with Crippen molar-refractivity contribution in [1.29, 1.82) is 0 Å². The molecule has 4 heterocycles. The van der Waals surface area contributed by atoms with Crippen molar-refractivity contribution in [3.63, 3.8) is 0 Å². The van der Waals surface area contributed by atoms with Crippen molar-refractivity contribution in [3.8, 4) is 16.9 Å². The molecule has 12 heteroatoms. The minimum Gasteiger partial charge on any atom is -0.492 e. The minimum absolute atomic E-state index is 0.0200. The van der Waals surface area contributed by atoms with Crippen LogP contribution in [0.1, 0.15) is 21.6 Å². The van der Waals surface area contributed by atoms with Gasteiger partial charge in [-0.05, 0) is 44.4 Å². The number of hydrogen-bond donors (Lipinski definition) is 3. The maximum atomic E-state index is 15.4. The molecule has 10 nitrogen and oxygen atoms in total. The van der Waals surface area contributed by atoms with Crippen molar-refractivity contribution in [1.82, 2.24) is 24.6 Å². The van der Waals surface area contributed by atoms with Gasteiger partial charge < -0.3 is 29.7 Å². The number of esters is 1. The number of likely N-dealkylation sites (N-methyl/N-ethyl adjacent to an activating group) is 1. The highest BCUT2D eigenvalue weighted by Gasteiger charge is 2.33. The molecule has 0 amide bonds. The number of ether oxygens (including phenoxy) is 2. The van der Waals surface area contributed by atoms with E-state index in [0.29, 0.717) is 34.8 Å². The Morgan fingerprint density at radius 3 is 2.85 bits per heavy atom. The zero-order valence-corrected chi connectivity index (χ0v) is 21.8. The predicted molar refractivity (Wildman–Crippen MR) is 146 cm³/mol. The van der Waals surface area contributed by atoms with Crippen molar-refractivity contribution in [2.75, 3.05) is 39.6 Å². The van der Waals surface area contributed by atoms with Gasteiger partial charge in [-0.15, -0.1) is 0 Å². The molecule has 0 saturated heterocycles. The molecule has 4 N–H and O–H groups in total. The number of carbonyl (C=O) groups is 1. The third-order valence-corrected chi connectivity index (χ3v) is 7.10. The van der Waals surface area contributed by atoms with E-state index >= 15 is 8.78 Å². The number of nitrogens with two attached hydrogens (primary N) is 1. The smallest absolute Gasteiger partial charge is 0.355 e. The molecule has 1 aliphatic rings. The summed E-state index contributed by atoms with van der Waals surface area (Å²) in [6, 6.07) is 7.28. The maximum absolute atomic E-state index is 15.4. The van der Waals surface area contributed by atoms with Gasteiger partial charge in [-0.1, -0.05) is 0 Å². The Hall–Kier alpha value is -4.71. The highest BCUT2D eigenvalue weighted by atomic mass is 19.1. The number of benzene rings is 2. The lowest BCUT2D eigenvalue weighted by molar-refractivity contribution is 0.0471. The lowest BCUT2D eigenvalue weighted by Gasteiger charge is -2.14. The first-order valence-corrected chi connectivity index (χ1v) is 12.7. The van der Waals surface area contributed by atoms with Gasteiger partial charge in [-0.25, -0.2) is 13.6 Å². The molecule has 0 spiro atoms. The average Bonchev–Trinajstić information content (AvgIpc) is 3.61. The maximum Gasteiger partial charge on any atom is 0.355 e. The van der Waals surface area contributed by atoms with Crippen LogP contribution >= 0.6 is 0 Å². The van der Waals surface area contributed by atoms with E-state index in [-0.39, 0.29) is 59.2 Å². The van der Waals surface area contributed by atoms with E-state index in [1.54, 1.807) is 12.1 Å². The second-order valence-electron chi connectivity index (χ2n) is 9.92. The molecule has 0 radical (unpaired) electrons. The van der Waals surface area contributed by atoms with Gasteiger partial charge >= 0.3 is 5.97 Å². The van der Waals surface area contributed by atoms with E-state index in [1.807, 2.05) is 19.0 Å². The quantitative estimate of drug-likeness (QED) is 0.266. The third-order valence-electron chi connectivity index (χ3n) is 7.10. The number of aromatic amines is 2. The van der Waals surface area contributed by atoms with E-state index in [2.05, 4.69) is 15.2 Å². The van der Waals surface area contributed by atoms with Crippen molar-refractivity contribution in [2.45, 2.75) is 13.0 Å². The van der Waals surface area contributed by atoms with Gasteiger partial charge in [0.2, 0.25) is 0 Å². The van der Waals surface area contributed by atoms with Gasteiger partial charge in [-0.3, -0.25) is 9.89 Å². The highest BCUT2D eigenvalue weighted by molar-refractivity contribution is 6.11. The molecule has 40 heavy (non-hydrogen) atoms. The number of rotatable bonds is 7. The second-order valence-corrected chi connectivity index (χ2v) is 9.92. The zero-order chi connectivity index (χ0) is 28.1. The summed E-state index contributed by atoms with van der Waals surface area (Å²) in [6.07, 6.45) is 1.81. The molecule has 0 aliphatic carbocycles. The van der Waals surface area contributed by atoms with Gasteiger partial charge in [0.25, 0.3) is 5.56 Å². The number of nitrogen functional groups attached to an aromatic ring is 1. The zero-order valence-electron chi connectivity index (χ0n) is 21.8. The standard InChI is InChI=1S/C28H26F2N6O4/c1-35(2)7-9-40-28(38)24-22(16-4-3-6-32-27(16)37)23-21(12-19(30)15-5-8-39-25(15)23)36(24)13-14-10-17-20(11-18(14)29)33-34-26(17)31/h3-4,6,10-12H,5,7-9,13H2,1-2H3,(H,32,37)(H3,31,33,34). The van der Waals surface area contributed by atoms with Crippen LogP contribution < -0.4 is 16.0 Å². The average molecular weight is 549 g/mol. The largest absolute Gasteiger partial charge is 0.492 e. The first-order valence-electron chi connectivity index (χ1n) is 12.7. The van der Waals surface area contributed by atoms with Crippen LogP contribution in [0.5, 0.6) is 5.75 Å². The van der Waals surface area contributed by atoms with Crippen LogP contribution in [0.3, 0.4) is 0 Å². The first kappa shape index (κ1) is 25.6. The van der Waals surface area contributed by atoms with Crippen molar-refractivity contribution in [2.24, 2.45) is 0 Å². The summed E-state index contributed by atoms with van der Waals surface area (Å²) in [5, 5.41) is 7.49. The van der Waals surface area contributed by atoms with Gasteiger partial charge in [0, 0.05) is 41.2 Å². The number of H-pyrrole nitrogens is 2. The van der Waals surface area contributed by atoms with Crippen LogP contribution in [-0.2, 0) is 17.7 Å². The molecule has 0 saturated carbocycles. The summed E-state index contributed by atoms with van der Waals surface area (Å²) in [6.45, 7) is 0.566. The number of nitrogens with zero attached hydrogens (tertiary/aromatic N) is 3. The molecule has 6 rings (SSSR count). The summed E-state index contributed by atoms with van der Waals surface area (Å²) in [4.78, 5) is 31.3. The van der Waals surface area contributed by atoms with E-state index in [1.165, 1.54) is 29.0 Å². The van der Waals surface area contributed by atoms with Crippen LogP contribution in [0.25, 0.3) is 32.9 Å². The van der Waals surface area contributed by atoms with Crippen LogP contribution in [-0.4, -0.2) is 64.5 Å². The Morgan fingerprint density at radius 2 is 2.08 bits per heavy atom. The monoisotopic (exact) mass is 548 g/mol. The van der Waals surface area contributed by atoms with Gasteiger partial charge in [-0.2, -0.15) is 5.10 Å². The molecule has 5 aromatic rings. The molecule has 0 atom stereocenters. The topological polar surface area (TPSA) is 131 Å². The number of hydrogen-bond acceptors (Lipinski definition) is 7. The number of halogens is 2. The van der Waals surface area contributed by atoms with Gasteiger partial charge in [0.05, 0.1) is 35.1 Å². The first-order chi connectivity index (χ1) is 19.2. The molecular weight excluding hydrogens is 522 g/mol. The lowest BCUT2D eigenvalue weighted by Crippen LogP contribution is -2.22. The number of aromatic nitrogens is 4. The molecule has 0 fully saturated rings. The number of pyridine rings is 1. The summed E-state index contributed by atoms with van der Waals surface area (Å²) >= 11 is 0. The van der Waals surface area contributed by atoms with E-state index in [4.69, 9.17) is 15.2 Å². The number of nitrogens with one attached hydrogen (secondary N) is 2. The molecule has 206 valence electrons. The Kier molecular flexibility index (Phi) is 6.26. The van der Waals surface area contributed by atoms with Gasteiger partial charge in [0.1, 0.15) is 29.7 Å². The van der Waals surface area contributed by atoms with Gasteiger partial charge in [0.15, 0.2) is 5.82 Å². The minimum atomic E-state index is -0.743. The predicted octanol–water partition coefficient (Wildman–Crippen LogP) is 3.43. The van der Waals surface area contributed by atoms with E-state index < -0.39 is 23.2 Å². The number of fused-ring (bicyclic) bond motifs is 4. The van der Waals surface area contributed by atoms with Crippen molar-refractivity contribution in [3.05, 3.63) is 75.3 Å². The fourth-order valence-electron chi connectivity index (χ4n) is 5.17. The van der Waals surface area contributed by atoms with E-state index in [0.717, 1.165) is 0 Å². The summed E-state index contributed by atoms with van der Waals surface area (Å²) in [7, 11) is 3.67. The summed E-state index contributed by atoms with van der Waals surface area (Å²) in [5.41, 5.74) is 7.08. The summed E-state index contributed by atoms with van der Waals surface area (Å²) < 4.78 is 43.7. The SMILES string of the molecule is CN(C)CCOC(=O)c1c(-c2ccc[nH]c2=O)c2c3c(c(F)cc2n1Cc1cc2c(N)n[nH]c2cc1F)CCO3. The molecule has 1 aliphatic heterocycles. The second kappa shape index (κ2) is 9.79. The van der Waals surface area contributed by atoms with E-state index in [9.17, 15) is 9.59 Å². The molecule has 3 aromatic heterocycles. The fraction of sp³-hybridized carbons (Fsp3) is 0.250. The van der Waals surface area contributed by atoms with Crippen LogP contribution in [0, 0.1) is 11.6 Å². The molecule has 0 bridgehead atoms. The molecule has 0 unspecified atom stereocenters. The van der Waals surface area contributed by atoms with Crippen LogP contribution in [0.2, 0.25) is 0 Å². The number of carbonyl (C=O) groups excluding carboxylic acids is 1. The lowest BCUT2D eigenvalue weighted by atomic mass is 10.00. The normalized spacial score (nSPS) is 12.8. The van der Waals surface area contributed by atoms with Crippen molar-refractivity contribution >= 4 is 33.6 Å². The number of anilines is 1. The fourth-order valence-corrected chi connectivity index (χ4v) is 5.17.